The summed E-state index contributed by atoms with van der Waals surface area (Å²) in [6.45, 7) is 9.19. The summed E-state index contributed by atoms with van der Waals surface area (Å²) < 4.78 is 5.18. The number of carbonyl (C=O) groups is 2. The molecule has 0 aromatic heterocycles. The largest absolute Gasteiger partial charge is 0.466 e. The monoisotopic (exact) mass is 390 g/mol. The third-order valence-electron chi connectivity index (χ3n) is 10.1. The van der Waals surface area contributed by atoms with Crippen LogP contribution in [-0.4, -0.2) is 29.1 Å². The van der Waals surface area contributed by atoms with Gasteiger partial charge in [0.15, 0.2) is 0 Å². The fourth-order valence-electron chi connectivity index (χ4n) is 8.33. The van der Waals surface area contributed by atoms with Crippen LogP contribution in [0.1, 0.15) is 85.5 Å². The van der Waals surface area contributed by atoms with Gasteiger partial charge in [-0.1, -0.05) is 20.8 Å². The Hall–Kier alpha value is -0.900. The van der Waals surface area contributed by atoms with Gasteiger partial charge in [-0.05, 0) is 85.9 Å². The Morgan fingerprint density at radius 2 is 1.82 bits per heavy atom. The molecule has 4 fully saturated rings. The first-order valence-electron chi connectivity index (χ1n) is 11.6. The number of hydrogen-bond acceptors (Lipinski definition) is 4. The van der Waals surface area contributed by atoms with Crippen molar-refractivity contribution in [2.24, 2.45) is 40.4 Å². The summed E-state index contributed by atoms with van der Waals surface area (Å²) in [5.41, 5.74) is -0.876. The zero-order valence-electron chi connectivity index (χ0n) is 18.1. The number of carbonyl (C=O) groups excluding carboxylic acids is 2. The predicted octanol–water partition coefficient (Wildman–Crippen LogP) is 4.53. The molecule has 8 atom stereocenters. The second-order valence-corrected chi connectivity index (χ2v) is 10.9. The van der Waals surface area contributed by atoms with Gasteiger partial charge in [-0.2, -0.15) is 0 Å². The summed E-state index contributed by atoms with van der Waals surface area (Å²) in [6, 6.07) is 0. The molecule has 0 aliphatic heterocycles. The fourth-order valence-corrected chi connectivity index (χ4v) is 8.33. The molecule has 0 aromatic carbocycles. The first kappa shape index (κ1) is 20.4. The highest BCUT2D eigenvalue weighted by Gasteiger charge is 2.65. The summed E-state index contributed by atoms with van der Waals surface area (Å²) in [7, 11) is 0. The molecule has 4 saturated carbocycles. The highest BCUT2D eigenvalue weighted by molar-refractivity contribution is 5.80. The molecule has 4 aliphatic rings. The lowest BCUT2D eigenvalue weighted by Gasteiger charge is -2.62. The van der Waals surface area contributed by atoms with Crippen LogP contribution in [0.4, 0.5) is 0 Å². The van der Waals surface area contributed by atoms with Crippen molar-refractivity contribution >= 4 is 11.8 Å². The van der Waals surface area contributed by atoms with Crippen molar-refractivity contribution in [2.45, 2.75) is 91.1 Å². The molecule has 0 bridgehead atoms. The Bertz CT molecular complexity index is 659. The van der Waals surface area contributed by atoms with Crippen molar-refractivity contribution in [3.05, 3.63) is 0 Å². The maximum Gasteiger partial charge on any atom is 0.308 e. The topological polar surface area (TPSA) is 63.6 Å². The minimum Gasteiger partial charge on any atom is -0.466 e. The second-order valence-electron chi connectivity index (χ2n) is 10.9. The van der Waals surface area contributed by atoms with Crippen LogP contribution in [0.5, 0.6) is 0 Å². The summed E-state index contributed by atoms with van der Waals surface area (Å²) >= 11 is 0. The zero-order valence-corrected chi connectivity index (χ0v) is 18.1. The maximum atomic E-state index is 12.2. The minimum atomic E-state index is -0.930. The Labute approximate surface area is 169 Å². The summed E-state index contributed by atoms with van der Waals surface area (Å²) in [4.78, 5) is 24.4. The summed E-state index contributed by atoms with van der Waals surface area (Å²) in [5, 5.41) is 11.6. The molecule has 0 unspecified atom stereocenters. The SMILES string of the molecule is CCOC(=O)C[C@]1(O)CC[C@H]2[C@@H]3CC[C@H]4CC(=O)C[C@H](C)[C@]4(C)[C@H]3CC[C@@]21C. The molecule has 1 N–H and O–H groups in total. The van der Waals surface area contributed by atoms with Crippen LogP contribution in [0, 0.1) is 40.4 Å². The lowest BCUT2D eigenvalue weighted by atomic mass is 9.42. The number of rotatable bonds is 3. The molecule has 0 aromatic rings. The molecule has 0 radical (unpaired) electrons. The first-order valence-corrected chi connectivity index (χ1v) is 11.6. The van der Waals surface area contributed by atoms with Crippen molar-refractivity contribution in [2.75, 3.05) is 6.61 Å². The number of esters is 1. The molecular weight excluding hydrogens is 352 g/mol. The average Bonchev–Trinajstić information content (AvgIpc) is 2.87. The Kier molecular flexibility index (Phi) is 4.96. The van der Waals surface area contributed by atoms with Gasteiger partial charge < -0.3 is 9.84 Å². The van der Waals surface area contributed by atoms with Gasteiger partial charge >= 0.3 is 5.97 Å². The minimum absolute atomic E-state index is 0.135. The molecule has 4 rings (SSSR count). The fraction of sp³-hybridized carbons (Fsp3) is 0.917. The third-order valence-corrected chi connectivity index (χ3v) is 10.1. The van der Waals surface area contributed by atoms with Crippen LogP contribution in [0.25, 0.3) is 0 Å². The molecule has 4 nitrogen and oxygen atoms in total. The van der Waals surface area contributed by atoms with Crippen molar-refractivity contribution in [3.8, 4) is 0 Å². The van der Waals surface area contributed by atoms with Crippen molar-refractivity contribution in [3.63, 3.8) is 0 Å². The zero-order chi connectivity index (χ0) is 20.3. The molecule has 0 amide bonds. The van der Waals surface area contributed by atoms with E-state index in [0.29, 0.717) is 48.4 Å². The molecule has 158 valence electrons. The van der Waals surface area contributed by atoms with Crippen LogP contribution in [-0.2, 0) is 14.3 Å². The van der Waals surface area contributed by atoms with Crippen LogP contribution in [0.2, 0.25) is 0 Å². The highest BCUT2D eigenvalue weighted by atomic mass is 16.5. The van der Waals surface area contributed by atoms with Gasteiger partial charge in [0.25, 0.3) is 0 Å². The van der Waals surface area contributed by atoms with Gasteiger partial charge in [0.1, 0.15) is 5.78 Å². The molecular formula is C24H38O4. The van der Waals surface area contributed by atoms with E-state index in [2.05, 4.69) is 20.8 Å². The average molecular weight is 391 g/mol. The van der Waals surface area contributed by atoms with E-state index in [0.717, 1.165) is 38.5 Å². The van der Waals surface area contributed by atoms with E-state index >= 15 is 0 Å². The maximum absolute atomic E-state index is 12.2. The van der Waals surface area contributed by atoms with E-state index in [1.807, 2.05) is 6.92 Å². The second kappa shape index (κ2) is 6.82. The Morgan fingerprint density at radius 1 is 1.11 bits per heavy atom. The summed E-state index contributed by atoms with van der Waals surface area (Å²) in [5.74, 6) is 2.94. The molecule has 0 heterocycles. The summed E-state index contributed by atoms with van der Waals surface area (Å²) in [6.07, 6.45) is 7.81. The smallest absolute Gasteiger partial charge is 0.308 e. The number of Topliss-reactive ketones (excluding diaryl/α,β-unsaturated/α-hetero) is 1. The van der Waals surface area contributed by atoms with Crippen LogP contribution in [0.15, 0.2) is 0 Å². The Balaban J connectivity index is 1.60. The number of ether oxygens (including phenoxy) is 1. The van der Waals surface area contributed by atoms with Crippen molar-refractivity contribution in [1.82, 2.24) is 0 Å². The first-order chi connectivity index (χ1) is 13.2. The number of aliphatic hydroxyl groups is 1. The highest BCUT2D eigenvalue weighted by Crippen LogP contribution is 2.69. The van der Waals surface area contributed by atoms with Gasteiger partial charge in [0.2, 0.25) is 0 Å². The molecule has 4 heteroatoms. The number of fused-ring (bicyclic) bond motifs is 5. The number of ketones is 1. The molecule has 0 spiro atoms. The van der Waals surface area contributed by atoms with E-state index in [4.69, 9.17) is 4.74 Å². The van der Waals surface area contributed by atoms with Crippen LogP contribution < -0.4 is 0 Å². The van der Waals surface area contributed by atoms with E-state index < -0.39 is 5.60 Å². The molecule has 28 heavy (non-hydrogen) atoms. The van der Waals surface area contributed by atoms with Gasteiger partial charge in [-0.25, -0.2) is 0 Å². The predicted molar refractivity (Wildman–Crippen MR) is 107 cm³/mol. The Morgan fingerprint density at radius 3 is 2.54 bits per heavy atom. The van der Waals surface area contributed by atoms with Gasteiger partial charge in [0, 0.05) is 12.8 Å². The normalized spacial score (nSPS) is 50.5. The van der Waals surface area contributed by atoms with Gasteiger partial charge in [-0.15, -0.1) is 0 Å². The lowest BCUT2D eigenvalue weighted by molar-refractivity contribution is -0.176. The lowest BCUT2D eigenvalue weighted by Crippen LogP contribution is -2.58. The van der Waals surface area contributed by atoms with Gasteiger partial charge in [-0.3, -0.25) is 9.59 Å². The van der Waals surface area contributed by atoms with E-state index in [1.165, 1.54) is 6.42 Å². The van der Waals surface area contributed by atoms with Gasteiger partial charge in [0.05, 0.1) is 18.6 Å². The number of hydrogen-bond donors (Lipinski definition) is 1. The standard InChI is InChI=1S/C24H38O4/c1-5-28-21(26)14-24(27)11-9-19-18-7-6-16-13-17(25)12-15(2)23(16,4)20(18)8-10-22(19,24)3/h15-16,18-20,27H,5-14H2,1-4H3/t15-,16-,18-,19-,20-,22-,23-,24+/m0/s1. The quantitative estimate of drug-likeness (QED) is 0.719. The third kappa shape index (κ3) is 2.73. The van der Waals surface area contributed by atoms with Crippen LogP contribution >= 0.6 is 0 Å². The van der Waals surface area contributed by atoms with E-state index in [1.54, 1.807) is 0 Å². The van der Waals surface area contributed by atoms with Crippen molar-refractivity contribution in [1.29, 1.82) is 0 Å². The van der Waals surface area contributed by atoms with Crippen molar-refractivity contribution < 1.29 is 19.4 Å². The molecule has 0 saturated heterocycles. The molecule has 4 aliphatic carbocycles. The van der Waals surface area contributed by atoms with E-state index in [9.17, 15) is 14.7 Å². The van der Waals surface area contributed by atoms with E-state index in [-0.39, 0.29) is 23.2 Å². The van der Waals surface area contributed by atoms with Crippen LogP contribution in [0.3, 0.4) is 0 Å².